The maximum absolute atomic E-state index is 5.65. The van der Waals surface area contributed by atoms with Crippen LogP contribution in [0.25, 0.3) is 58.7 Å². The van der Waals surface area contributed by atoms with E-state index in [4.69, 9.17) is 9.47 Å². The van der Waals surface area contributed by atoms with Crippen molar-refractivity contribution in [3.8, 4) is 22.6 Å². The molecule has 2 heteroatoms. The van der Waals surface area contributed by atoms with Crippen molar-refractivity contribution in [1.82, 2.24) is 0 Å². The summed E-state index contributed by atoms with van der Waals surface area (Å²) in [5.41, 5.74) is 16.0. The summed E-state index contributed by atoms with van der Waals surface area (Å²) in [5, 5.41) is 0. The molecule has 2 nitrogen and oxygen atoms in total. The van der Waals surface area contributed by atoms with Crippen molar-refractivity contribution >= 4 is 47.6 Å². The molecule has 0 fully saturated rings. The third-order valence-corrected chi connectivity index (χ3v) is 10.6. The Balaban J connectivity index is 1.01. The molecule has 0 unspecified atom stereocenters. The molecule has 0 amide bonds. The van der Waals surface area contributed by atoms with Gasteiger partial charge in [0.2, 0.25) is 0 Å². The Morgan fingerprint density at radius 3 is 0.933 bits per heavy atom. The van der Waals surface area contributed by atoms with E-state index in [2.05, 4.69) is 231 Å². The number of hydrogen-bond acceptors (Lipinski definition) is 2. The lowest BCUT2D eigenvalue weighted by atomic mass is 9.94. The van der Waals surface area contributed by atoms with E-state index in [1.807, 2.05) is 12.1 Å². The van der Waals surface area contributed by atoms with Gasteiger partial charge in [-0.05, 0) is 114 Å². The summed E-state index contributed by atoms with van der Waals surface area (Å²) in [6, 6.07) is 72.1. The van der Waals surface area contributed by atoms with E-state index in [1.165, 1.54) is 11.1 Å². The minimum atomic E-state index is 0.823. The molecule has 0 N–H and O–H groups in total. The van der Waals surface area contributed by atoms with Crippen LogP contribution < -0.4 is 9.47 Å². The summed E-state index contributed by atoms with van der Waals surface area (Å²) in [6.07, 6.45) is 13.2. The summed E-state index contributed by atoms with van der Waals surface area (Å²) in [5.74, 6) is 1.65. The fourth-order valence-electron chi connectivity index (χ4n) is 7.31. The molecule has 0 aliphatic rings. The van der Waals surface area contributed by atoms with Crippen LogP contribution in [0.1, 0.15) is 55.6 Å². The zero-order valence-corrected chi connectivity index (χ0v) is 33.9. The number of hydrogen-bond donors (Lipinski definition) is 0. The minimum Gasteiger partial charge on any atom is -0.497 e. The predicted octanol–water partition coefficient (Wildman–Crippen LogP) is 14.9. The van der Waals surface area contributed by atoms with E-state index in [1.54, 1.807) is 14.2 Å². The van der Waals surface area contributed by atoms with Crippen LogP contribution in [0.3, 0.4) is 0 Å². The topological polar surface area (TPSA) is 18.5 Å². The first kappa shape index (κ1) is 39.2. The van der Waals surface area contributed by atoms with Crippen LogP contribution in [0.15, 0.2) is 206 Å². The Bertz CT molecular complexity index is 2480. The third-order valence-electron chi connectivity index (χ3n) is 10.6. The molecule has 0 aromatic heterocycles. The predicted molar refractivity (Wildman–Crippen MR) is 255 cm³/mol. The molecule has 8 aromatic carbocycles. The Morgan fingerprint density at radius 2 is 0.633 bits per heavy atom. The van der Waals surface area contributed by atoms with Gasteiger partial charge in [-0.3, -0.25) is 0 Å². The highest BCUT2D eigenvalue weighted by Crippen LogP contribution is 2.32. The molecule has 290 valence electrons. The van der Waals surface area contributed by atoms with Crippen LogP contribution in [0.4, 0.5) is 0 Å². The van der Waals surface area contributed by atoms with Crippen LogP contribution in [0, 0.1) is 0 Å². The lowest BCUT2D eigenvalue weighted by Gasteiger charge is -2.12. The maximum atomic E-state index is 5.65. The largest absolute Gasteiger partial charge is 0.497 e. The van der Waals surface area contributed by atoms with Gasteiger partial charge in [0.1, 0.15) is 11.5 Å². The third kappa shape index (κ3) is 9.70. The molecule has 0 aliphatic heterocycles. The standard InChI is InChI=1S/C58H46O2/c1-59-55-37-35-47(53(39-55)41-57(49-15-7-3-8-16-49)50-17-9-4-10-18-50)33-27-43-23-29-45(30-24-43)46-31-25-44(26-32-46)28-34-48-36-38-56(60-2)40-54(48)42-58(51-19-11-5-12-20-51)52-21-13-6-14-22-52/h3-42H,1-2H3. The van der Waals surface area contributed by atoms with Gasteiger partial charge in [0.05, 0.1) is 14.2 Å². The van der Waals surface area contributed by atoms with E-state index in [-0.39, 0.29) is 0 Å². The summed E-state index contributed by atoms with van der Waals surface area (Å²) >= 11 is 0. The molecule has 0 saturated carbocycles. The van der Waals surface area contributed by atoms with Crippen LogP contribution >= 0.6 is 0 Å². The summed E-state index contributed by atoms with van der Waals surface area (Å²) < 4.78 is 11.3. The lowest BCUT2D eigenvalue weighted by Crippen LogP contribution is -1.91. The van der Waals surface area contributed by atoms with E-state index in [0.717, 1.165) is 78.3 Å². The number of rotatable bonds is 13. The number of methoxy groups -OCH3 is 2. The molecule has 0 spiro atoms. The fraction of sp³-hybridized carbons (Fsp3) is 0.0345. The first-order valence-electron chi connectivity index (χ1n) is 20.2. The van der Waals surface area contributed by atoms with Gasteiger partial charge in [-0.25, -0.2) is 0 Å². The van der Waals surface area contributed by atoms with Crippen molar-refractivity contribution in [1.29, 1.82) is 0 Å². The van der Waals surface area contributed by atoms with E-state index < -0.39 is 0 Å². The average Bonchev–Trinajstić information content (AvgIpc) is 3.33. The van der Waals surface area contributed by atoms with Gasteiger partial charge >= 0.3 is 0 Å². The van der Waals surface area contributed by atoms with Crippen LogP contribution in [-0.4, -0.2) is 14.2 Å². The average molecular weight is 775 g/mol. The van der Waals surface area contributed by atoms with Crippen molar-refractivity contribution in [2.75, 3.05) is 14.2 Å². The van der Waals surface area contributed by atoms with Gasteiger partial charge in [0.15, 0.2) is 0 Å². The monoisotopic (exact) mass is 774 g/mol. The maximum Gasteiger partial charge on any atom is 0.119 e. The molecule has 0 bridgehead atoms. The van der Waals surface area contributed by atoms with Gasteiger partial charge in [-0.1, -0.05) is 206 Å². The van der Waals surface area contributed by atoms with Gasteiger partial charge in [-0.15, -0.1) is 0 Å². The molecule has 0 saturated heterocycles. The summed E-state index contributed by atoms with van der Waals surface area (Å²) in [7, 11) is 3.43. The highest BCUT2D eigenvalue weighted by Gasteiger charge is 2.10. The molecule has 8 rings (SSSR count). The summed E-state index contributed by atoms with van der Waals surface area (Å²) in [6.45, 7) is 0. The smallest absolute Gasteiger partial charge is 0.119 e. The molecule has 8 aromatic rings. The SMILES string of the molecule is COc1ccc(C=Cc2ccc(-c3ccc(C=Cc4ccc(OC)cc4C=C(c4ccccc4)c4ccccc4)cc3)cc2)c(C=C(c2ccccc2)c2ccccc2)c1. The highest BCUT2D eigenvalue weighted by atomic mass is 16.5. The second kappa shape index (κ2) is 19.2. The van der Waals surface area contributed by atoms with Crippen LogP contribution in [0.5, 0.6) is 11.5 Å². The van der Waals surface area contributed by atoms with Gasteiger partial charge in [0.25, 0.3) is 0 Å². The Labute approximate surface area is 354 Å². The second-order valence-corrected chi connectivity index (χ2v) is 14.5. The van der Waals surface area contributed by atoms with E-state index in [0.29, 0.717) is 0 Å². The zero-order valence-electron chi connectivity index (χ0n) is 33.9. The zero-order chi connectivity index (χ0) is 40.9. The quantitative estimate of drug-likeness (QED) is 0.109. The molecule has 60 heavy (non-hydrogen) atoms. The molecule has 0 atom stereocenters. The first-order valence-corrected chi connectivity index (χ1v) is 20.2. The Hall–Kier alpha value is -7.68. The normalized spacial score (nSPS) is 11.0. The second-order valence-electron chi connectivity index (χ2n) is 14.5. The highest BCUT2D eigenvalue weighted by molar-refractivity contribution is 5.95. The Kier molecular flexibility index (Phi) is 12.5. The first-order chi connectivity index (χ1) is 29.6. The molecular formula is C58H46O2. The molecule has 0 radical (unpaired) electrons. The molecule has 0 aliphatic carbocycles. The fourth-order valence-corrected chi connectivity index (χ4v) is 7.31. The van der Waals surface area contributed by atoms with Crippen molar-refractivity contribution in [2.24, 2.45) is 0 Å². The summed E-state index contributed by atoms with van der Waals surface area (Å²) in [4.78, 5) is 0. The molecular weight excluding hydrogens is 729 g/mol. The van der Waals surface area contributed by atoms with Crippen molar-refractivity contribution in [3.63, 3.8) is 0 Å². The van der Waals surface area contributed by atoms with Gasteiger partial charge < -0.3 is 9.47 Å². The lowest BCUT2D eigenvalue weighted by molar-refractivity contribution is 0.414. The minimum absolute atomic E-state index is 0.823. The van der Waals surface area contributed by atoms with Crippen LogP contribution in [-0.2, 0) is 0 Å². The van der Waals surface area contributed by atoms with Gasteiger partial charge in [-0.2, -0.15) is 0 Å². The van der Waals surface area contributed by atoms with Crippen molar-refractivity contribution < 1.29 is 9.47 Å². The van der Waals surface area contributed by atoms with E-state index >= 15 is 0 Å². The van der Waals surface area contributed by atoms with Gasteiger partial charge in [0, 0.05) is 0 Å². The van der Waals surface area contributed by atoms with Crippen molar-refractivity contribution in [3.05, 3.63) is 262 Å². The van der Waals surface area contributed by atoms with Crippen molar-refractivity contribution in [2.45, 2.75) is 0 Å². The number of ether oxygens (including phenoxy) is 2. The Morgan fingerprint density at radius 1 is 0.317 bits per heavy atom. The molecule has 0 heterocycles. The van der Waals surface area contributed by atoms with E-state index in [9.17, 15) is 0 Å². The number of benzene rings is 8. The van der Waals surface area contributed by atoms with Crippen LogP contribution in [0.2, 0.25) is 0 Å².